The molecule has 8 nitrogen and oxygen atoms in total. The van der Waals surface area contributed by atoms with Crippen LogP contribution in [0.1, 0.15) is 31.4 Å². The summed E-state index contributed by atoms with van der Waals surface area (Å²) in [5.41, 5.74) is 7.97. The summed E-state index contributed by atoms with van der Waals surface area (Å²) in [6, 6.07) is 8.88. The molecule has 29 heavy (non-hydrogen) atoms. The predicted octanol–water partition coefficient (Wildman–Crippen LogP) is 1.82. The second-order valence-electron chi connectivity index (χ2n) is 7.03. The number of nitrogen functional groups attached to an aromatic ring is 1. The minimum absolute atomic E-state index is 0.0749. The Kier molecular flexibility index (Phi) is 6.35. The third-order valence-electron chi connectivity index (χ3n) is 5.17. The molecule has 0 radical (unpaired) electrons. The number of aliphatic hydroxyl groups excluding tert-OH is 1. The van der Waals surface area contributed by atoms with Crippen molar-refractivity contribution in [2.45, 2.75) is 30.4 Å². The van der Waals surface area contributed by atoms with Gasteiger partial charge in [-0.05, 0) is 62.2 Å². The van der Waals surface area contributed by atoms with E-state index in [2.05, 4.69) is 20.6 Å². The molecule has 2 aromatic rings. The highest BCUT2D eigenvalue weighted by molar-refractivity contribution is 7.92. The Morgan fingerprint density at radius 3 is 2.52 bits per heavy atom. The quantitative estimate of drug-likeness (QED) is 0.481. The van der Waals surface area contributed by atoms with Crippen molar-refractivity contribution in [3.8, 4) is 11.4 Å². The maximum atomic E-state index is 13.0. The number of hydrogen-bond donors (Lipinski definition) is 4. The van der Waals surface area contributed by atoms with Gasteiger partial charge in [0.05, 0.1) is 11.4 Å². The highest BCUT2D eigenvalue weighted by Gasteiger charge is 2.51. The Bertz CT molecular complexity index is 989. The van der Waals surface area contributed by atoms with Crippen LogP contribution in [0.4, 0.5) is 11.5 Å². The van der Waals surface area contributed by atoms with Crippen molar-refractivity contribution >= 4 is 38.7 Å². The van der Waals surface area contributed by atoms with Gasteiger partial charge in [0.1, 0.15) is 10.6 Å². The van der Waals surface area contributed by atoms with Crippen molar-refractivity contribution in [2.24, 2.45) is 0 Å². The van der Waals surface area contributed by atoms with Gasteiger partial charge in [0.15, 0.2) is 20.8 Å². The molecule has 0 amide bonds. The van der Waals surface area contributed by atoms with Crippen LogP contribution in [0.3, 0.4) is 0 Å². The van der Waals surface area contributed by atoms with Crippen LogP contribution in [-0.2, 0) is 14.6 Å². The highest BCUT2D eigenvalue weighted by atomic mass is 32.2. The molecule has 1 aromatic heterocycles. The van der Waals surface area contributed by atoms with E-state index in [-0.39, 0.29) is 24.6 Å². The first kappa shape index (κ1) is 21.4. The van der Waals surface area contributed by atoms with Gasteiger partial charge < -0.3 is 21.5 Å². The van der Waals surface area contributed by atoms with Gasteiger partial charge in [-0.2, -0.15) is 0 Å². The molecule has 3 rings (SSSR count). The highest BCUT2D eigenvalue weighted by Crippen LogP contribution is 2.48. The number of nitrogens with zero attached hydrogens (tertiary/aromatic N) is 2. The van der Waals surface area contributed by atoms with E-state index >= 15 is 0 Å². The van der Waals surface area contributed by atoms with E-state index in [0.29, 0.717) is 29.5 Å². The molecule has 5 N–H and O–H groups in total. The fraction of sp³-hybridized carbons (Fsp3) is 0.421. The van der Waals surface area contributed by atoms with E-state index in [0.717, 1.165) is 17.7 Å². The van der Waals surface area contributed by atoms with Crippen molar-refractivity contribution in [3.63, 3.8) is 0 Å². The third kappa shape index (κ3) is 4.34. The number of thiocarbonyl (C=S) groups is 1. The molecule has 1 saturated carbocycles. The van der Waals surface area contributed by atoms with Crippen LogP contribution >= 0.6 is 12.2 Å². The van der Waals surface area contributed by atoms with Crippen LogP contribution in [0.15, 0.2) is 30.3 Å². The van der Waals surface area contributed by atoms with E-state index < -0.39 is 14.6 Å². The number of benzene rings is 1. The molecular weight excluding hydrogens is 410 g/mol. The first-order valence-corrected chi connectivity index (χ1v) is 11.4. The Hall–Kier alpha value is -2.30. The molecule has 0 unspecified atom stereocenters. The van der Waals surface area contributed by atoms with Crippen LogP contribution in [0.25, 0.3) is 11.4 Å². The summed E-state index contributed by atoms with van der Waals surface area (Å²) in [6.07, 6.45) is 2.02. The summed E-state index contributed by atoms with van der Waals surface area (Å²) in [7, 11) is -1.74. The van der Waals surface area contributed by atoms with Crippen LogP contribution in [0.2, 0.25) is 0 Å². The normalized spacial score (nSPS) is 15.4. The lowest BCUT2D eigenvalue weighted by Gasteiger charge is -2.40. The molecule has 1 aliphatic rings. The molecule has 0 spiro atoms. The first-order chi connectivity index (χ1) is 13.8. The standard InChI is InChI=1S/C19H25N5O3S2/c1-21-18(28)22-14-6-4-13(5-7-14)17-23-15(12-16(20)24-17)19(8-2-9-19)29(26,27)11-3-10-25/h4-7,12,25H,2-3,8-11H2,1H3,(H2,20,23,24)(H2,21,22,28). The van der Waals surface area contributed by atoms with E-state index in [9.17, 15) is 8.42 Å². The molecule has 1 heterocycles. The number of aromatic nitrogens is 2. The van der Waals surface area contributed by atoms with Crippen molar-refractivity contribution < 1.29 is 13.5 Å². The second-order valence-corrected chi connectivity index (χ2v) is 9.85. The molecule has 10 heteroatoms. The summed E-state index contributed by atoms with van der Waals surface area (Å²) in [5, 5.41) is 15.4. The SMILES string of the molecule is CNC(=S)Nc1ccc(-c2nc(N)cc(C3(S(=O)(=O)CCCO)CCC3)n2)cc1. The maximum Gasteiger partial charge on any atom is 0.170 e. The Morgan fingerprint density at radius 1 is 1.28 bits per heavy atom. The maximum absolute atomic E-state index is 13.0. The van der Waals surface area contributed by atoms with Gasteiger partial charge in [-0.3, -0.25) is 0 Å². The molecule has 0 aliphatic heterocycles. The summed E-state index contributed by atoms with van der Waals surface area (Å²) < 4.78 is 24.9. The molecular formula is C19H25N5O3S2. The fourth-order valence-electron chi connectivity index (χ4n) is 3.40. The lowest BCUT2D eigenvalue weighted by atomic mass is 9.81. The summed E-state index contributed by atoms with van der Waals surface area (Å²) in [5.74, 6) is 0.535. The van der Waals surface area contributed by atoms with Gasteiger partial charge in [0, 0.05) is 31.0 Å². The lowest BCUT2D eigenvalue weighted by molar-refractivity contribution is 0.292. The number of hydrogen-bond acceptors (Lipinski definition) is 7. The third-order valence-corrected chi connectivity index (χ3v) is 8.11. The van der Waals surface area contributed by atoms with Crippen LogP contribution < -0.4 is 16.4 Å². The largest absolute Gasteiger partial charge is 0.396 e. The average molecular weight is 436 g/mol. The van der Waals surface area contributed by atoms with Crippen molar-refractivity contribution in [1.29, 1.82) is 0 Å². The van der Waals surface area contributed by atoms with Crippen molar-refractivity contribution in [1.82, 2.24) is 15.3 Å². The van der Waals surface area contributed by atoms with Crippen LogP contribution in [0, 0.1) is 0 Å². The molecule has 1 aliphatic carbocycles. The zero-order valence-electron chi connectivity index (χ0n) is 16.2. The fourth-order valence-corrected chi connectivity index (χ4v) is 5.75. The minimum atomic E-state index is -3.48. The predicted molar refractivity (Wildman–Crippen MR) is 118 cm³/mol. The number of anilines is 2. The second kappa shape index (κ2) is 8.60. The van der Waals surface area contributed by atoms with Gasteiger partial charge in [0.25, 0.3) is 0 Å². The van der Waals surface area contributed by atoms with E-state index in [1.807, 2.05) is 24.3 Å². The number of aliphatic hydroxyl groups is 1. The Morgan fingerprint density at radius 2 is 1.97 bits per heavy atom. The number of rotatable bonds is 7. The number of nitrogens with one attached hydrogen (secondary N) is 2. The molecule has 0 bridgehead atoms. The Labute approximate surface area is 175 Å². The molecule has 156 valence electrons. The van der Waals surface area contributed by atoms with E-state index in [4.69, 9.17) is 23.1 Å². The van der Waals surface area contributed by atoms with E-state index in [1.165, 1.54) is 0 Å². The van der Waals surface area contributed by atoms with Gasteiger partial charge in [-0.25, -0.2) is 18.4 Å². The van der Waals surface area contributed by atoms with Crippen molar-refractivity contribution in [2.75, 3.05) is 30.5 Å². The zero-order valence-corrected chi connectivity index (χ0v) is 17.8. The smallest absolute Gasteiger partial charge is 0.170 e. The van der Waals surface area contributed by atoms with Crippen LogP contribution in [-0.4, -0.2) is 48.0 Å². The van der Waals surface area contributed by atoms with Gasteiger partial charge >= 0.3 is 0 Å². The minimum Gasteiger partial charge on any atom is -0.396 e. The summed E-state index contributed by atoms with van der Waals surface area (Å²) in [6.45, 7) is -0.163. The average Bonchev–Trinajstić information content (AvgIpc) is 2.65. The first-order valence-electron chi connectivity index (χ1n) is 9.39. The Balaban J connectivity index is 1.95. The molecule has 1 aromatic carbocycles. The van der Waals surface area contributed by atoms with Crippen molar-refractivity contribution in [3.05, 3.63) is 36.0 Å². The topological polar surface area (TPSA) is 130 Å². The summed E-state index contributed by atoms with van der Waals surface area (Å²) >= 11 is 5.09. The number of sulfone groups is 1. The molecule has 0 atom stereocenters. The van der Waals surface area contributed by atoms with Gasteiger partial charge in [-0.15, -0.1) is 0 Å². The zero-order chi connectivity index (χ0) is 21.1. The molecule has 1 fully saturated rings. The summed E-state index contributed by atoms with van der Waals surface area (Å²) in [4.78, 5) is 8.89. The van der Waals surface area contributed by atoms with E-state index in [1.54, 1.807) is 13.1 Å². The van der Waals surface area contributed by atoms with Gasteiger partial charge in [-0.1, -0.05) is 0 Å². The lowest BCUT2D eigenvalue weighted by Crippen LogP contribution is -2.44. The number of nitrogens with two attached hydrogens (primary N) is 1. The van der Waals surface area contributed by atoms with Crippen LogP contribution in [0.5, 0.6) is 0 Å². The van der Waals surface area contributed by atoms with Gasteiger partial charge in [0.2, 0.25) is 0 Å². The molecule has 0 saturated heterocycles. The monoisotopic (exact) mass is 435 g/mol.